The van der Waals surface area contributed by atoms with Crippen molar-refractivity contribution in [3.63, 3.8) is 0 Å². The average Bonchev–Trinajstić information content (AvgIpc) is 3.18. The summed E-state index contributed by atoms with van der Waals surface area (Å²) >= 11 is 5.85. The van der Waals surface area contributed by atoms with Crippen molar-refractivity contribution in [3.8, 4) is 16.9 Å². The Kier molecular flexibility index (Phi) is 6.31. The Bertz CT molecular complexity index is 1740. The lowest BCUT2D eigenvalue weighted by Gasteiger charge is -2.29. The zero-order valence-corrected chi connectivity index (χ0v) is 21.8. The maximum Gasteiger partial charge on any atom is 0.348 e. The highest BCUT2D eigenvalue weighted by molar-refractivity contribution is 6.28. The van der Waals surface area contributed by atoms with E-state index in [9.17, 15) is 34.4 Å². The summed E-state index contributed by atoms with van der Waals surface area (Å²) in [6, 6.07) is 9.54. The average molecular weight is 604 g/mol. The molecule has 42 heavy (non-hydrogen) atoms. The van der Waals surface area contributed by atoms with Crippen LogP contribution >= 0.6 is 11.6 Å². The SMILES string of the molecule is Nc1nc(Cl)nc2c1ncn2[C@@H]1O[C@@H]2C(OC(Cc3ccc(-c4cccc(F)c4O)cc3)(C(=O)O)C(=O)O)[C@]2(O)[C@@H]1F. The van der Waals surface area contributed by atoms with Gasteiger partial charge in [-0.15, -0.1) is 0 Å². The van der Waals surface area contributed by atoms with Crippen LogP contribution in [0.1, 0.15) is 11.8 Å². The highest BCUT2D eigenvalue weighted by atomic mass is 35.5. The van der Waals surface area contributed by atoms with Gasteiger partial charge in [-0.1, -0.05) is 36.4 Å². The zero-order chi connectivity index (χ0) is 30.1. The van der Waals surface area contributed by atoms with Crippen LogP contribution in [0.4, 0.5) is 14.6 Å². The second-order valence-electron chi connectivity index (χ2n) is 9.92. The quantitative estimate of drug-likeness (QED) is 0.145. The fraction of sp³-hybridized carbons (Fsp3) is 0.269. The van der Waals surface area contributed by atoms with E-state index in [0.29, 0.717) is 5.56 Å². The molecule has 0 spiro atoms. The number of aromatic nitrogens is 4. The molecule has 0 amide bonds. The van der Waals surface area contributed by atoms with Gasteiger partial charge in [-0.05, 0) is 28.8 Å². The van der Waals surface area contributed by atoms with Crippen molar-refractivity contribution in [2.24, 2.45) is 0 Å². The number of aliphatic carboxylic acids is 2. The minimum absolute atomic E-state index is 0.0166. The standard InChI is InChI=1S/C26H20ClF2N5O8/c27-24-32-19(30)14-20(33-24)34(9-31-14)21-16(29)26(40)17(41-21)18(26)42-25(22(36)37,23(38)39)8-10-4-6-11(7-5-10)12-2-1-3-13(28)15(12)35/h1-7,9,16-18,21,35,40H,8H2,(H,36,37)(H,38,39)(H2,30,32,33)/t16-,17-,18?,21-,26+/m1/s1. The van der Waals surface area contributed by atoms with Crippen LogP contribution < -0.4 is 5.73 Å². The molecule has 2 aromatic heterocycles. The molecule has 2 fully saturated rings. The van der Waals surface area contributed by atoms with E-state index >= 15 is 4.39 Å². The van der Waals surface area contributed by atoms with Gasteiger partial charge >= 0.3 is 11.9 Å². The van der Waals surface area contributed by atoms with E-state index in [1.165, 1.54) is 36.4 Å². The van der Waals surface area contributed by atoms with Crippen LogP contribution in [0.2, 0.25) is 5.28 Å². The van der Waals surface area contributed by atoms with Crippen molar-refractivity contribution in [2.45, 2.75) is 42.2 Å². The van der Waals surface area contributed by atoms with Crippen LogP contribution in [-0.2, 0) is 25.5 Å². The number of anilines is 1. The number of para-hydroxylation sites is 1. The Morgan fingerprint density at radius 3 is 2.48 bits per heavy atom. The summed E-state index contributed by atoms with van der Waals surface area (Å²) < 4.78 is 41.6. The van der Waals surface area contributed by atoms with E-state index in [4.69, 9.17) is 26.8 Å². The molecule has 0 bridgehead atoms. The van der Waals surface area contributed by atoms with Crippen LogP contribution in [-0.4, -0.2) is 81.5 Å². The number of nitrogens with zero attached hydrogens (tertiary/aromatic N) is 4. The number of alkyl halides is 1. The molecule has 6 N–H and O–H groups in total. The van der Waals surface area contributed by atoms with Gasteiger partial charge in [-0.25, -0.2) is 23.4 Å². The molecular formula is C26H20ClF2N5O8. The van der Waals surface area contributed by atoms with Crippen molar-refractivity contribution in [1.82, 2.24) is 19.5 Å². The first-order valence-electron chi connectivity index (χ1n) is 12.3. The molecule has 5 atom stereocenters. The Labute approximate surface area is 238 Å². The number of rotatable bonds is 8. The van der Waals surface area contributed by atoms with Crippen LogP contribution in [0.25, 0.3) is 22.3 Å². The number of carboxylic acids is 2. The topological polar surface area (TPSA) is 203 Å². The predicted molar refractivity (Wildman–Crippen MR) is 139 cm³/mol. The number of nitrogens with two attached hydrogens (primary N) is 1. The summed E-state index contributed by atoms with van der Waals surface area (Å²) in [6.07, 6.45) is -6.38. The van der Waals surface area contributed by atoms with Gasteiger partial charge in [0.2, 0.25) is 5.28 Å². The third kappa shape index (κ3) is 4.04. The van der Waals surface area contributed by atoms with Gasteiger partial charge in [0.1, 0.15) is 17.7 Å². The second kappa shape index (κ2) is 9.55. The number of ether oxygens (including phenoxy) is 2. The molecular weight excluding hydrogens is 584 g/mol. The number of phenolic OH excluding ortho intramolecular Hbond substituents is 1. The molecule has 1 unspecified atom stereocenters. The number of benzene rings is 2. The molecule has 0 radical (unpaired) electrons. The molecule has 13 nitrogen and oxygen atoms in total. The highest BCUT2D eigenvalue weighted by Gasteiger charge is 2.80. The highest BCUT2D eigenvalue weighted by Crippen LogP contribution is 2.58. The van der Waals surface area contributed by atoms with Crippen molar-refractivity contribution >= 4 is 40.5 Å². The van der Waals surface area contributed by atoms with Crippen LogP contribution in [0.5, 0.6) is 5.75 Å². The lowest BCUT2D eigenvalue weighted by molar-refractivity contribution is -0.194. The van der Waals surface area contributed by atoms with Gasteiger partial charge in [0, 0.05) is 12.0 Å². The third-order valence-corrected chi connectivity index (χ3v) is 7.64. The largest absolute Gasteiger partial charge is 0.504 e. The smallest absolute Gasteiger partial charge is 0.348 e. The van der Waals surface area contributed by atoms with E-state index < -0.39 is 65.7 Å². The van der Waals surface area contributed by atoms with Crippen LogP contribution in [0.15, 0.2) is 48.8 Å². The van der Waals surface area contributed by atoms with Gasteiger partial charge in [0.15, 0.2) is 41.0 Å². The number of halogens is 3. The Morgan fingerprint density at radius 2 is 1.86 bits per heavy atom. The van der Waals surface area contributed by atoms with E-state index in [-0.39, 0.29) is 33.4 Å². The molecule has 1 aliphatic heterocycles. The molecule has 218 valence electrons. The fourth-order valence-electron chi connectivity index (χ4n) is 5.17. The normalized spacial score (nSPS) is 25.0. The fourth-order valence-corrected chi connectivity index (χ4v) is 5.34. The summed E-state index contributed by atoms with van der Waals surface area (Å²) in [7, 11) is 0. The lowest BCUT2D eigenvalue weighted by Crippen LogP contribution is -2.53. The number of phenols is 1. The minimum atomic E-state index is -2.94. The molecule has 4 aromatic rings. The molecule has 16 heteroatoms. The molecule has 3 heterocycles. The first kappa shape index (κ1) is 27.7. The minimum Gasteiger partial charge on any atom is -0.504 e. The van der Waals surface area contributed by atoms with Gasteiger partial charge in [-0.2, -0.15) is 9.97 Å². The van der Waals surface area contributed by atoms with Crippen LogP contribution in [0.3, 0.4) is 0 Å². The number of aliphatic hydroxyl groups is 1. The number of hydrogen-bond donors (Lipinski definition) is 5. The van der Waals surface area contributed by atoms with Crippen LogP contribution in [0, 0.1) is 5.82 Å². The van der Waals surface area contributed by atoms with Gasteiger partial charge in [0.25, 0.3) is 5.60 Å². The number of aromatic hydroxyl groups is 1. The number of hydrogen-bond acceptors (Lipinski definition) is 10. The molecule has 2 aliphatic rings. The Balaban J connectivity index is 1.24. The zero-order valence-electron chi connectivity index (χ0n) is 21.1. The van der Waals surface area contributed by atoms with Gasteiger partial charge in [-0.3, -0.25) is 4.57 Å². The van der Waals surface area contributed by atoms with Gasteiger partial charge < -0.3 is 35.6 Å². The van der Waals surface area contributed by atoms with E-state index in [2.05, 4.69) is 15.0 Å². The van der Waals surface area contributed by atoms with Gasteiger partial charge in [0.05, 0.1) is 6.33 Å². The summed E-state index contributed by atoms with van der Waals surface area (Å²) in [6.45, 7) is 0. The molecule has 6 rings (SSSR count). The molecule has 1 saturated heterocycles. The number of carboxylic acid groups (broad SMARTS) is 2. The second-order valence-corrected chi connectivity index (χ2v) is 10.3. The Morgan fingerprint density at radius 1 is 1.17 bits per heavy atom. The number of fused-ring (bicyclic) bond motifs is 2. The summed E-state index contributed by atoms with van der Waals surface area (Å²) in [4.78, 5) is 36.4. The summed E-state index contributed by atoms with van der Waals surface area (Å²) in [5.41, 5.74) is 1.27. The Hall–Kier alpha value is -4.44. The maximum atomic E-state index is 15.7. The molecule has 1 saturated carbocycles. The van der Waals surface area contributed by atoms with Crippen molar-refractivity contribution in [1.29, 1.82) is 0 Å². The molecule has 2 aromatic carbocycles. The molecule has 1 aliphatic carbocycles. The van der Waals surface area contributed by atoms with Crippen molar-refractivity contribution < 1.29 is 48.3 Å². The van der Waals surface area contributed by atoms with Crippen molar-refractivity contribution in [2.75, 3.05) is 5.73 Å². The summed E-state index contributed by atoms with van der Waals surface area (Å²) in [5.74, 6) is -5.30. The first-order chi connectivity index (χ1) is 19.9. The summed E-state index contributed by atoms with van der Waals surface area (Å²) in [5, 5.41) is 40.8. The first-order valence-corrected chi connectivity index (χ1v) is 12.6. The number of nitrogen functional groups attached to an aromatic ring is 1. The van der Waals surface area contributed by atoms with Crippen molar-refractivity contribution in [3.05, 3.63) is 65.5 Å². The number of carbonyl (C=O) groups is 2. The lowest BCUT2D eigenvalue weighted by atomic mass is 9.92. The third-order valence-electron chi connectivity index (χ3n) is 7.47. The predicted octanol–water partition coefficient (Wildman–Crippen LogP) is 2.09. The van der Waals surface area contributed by atoms with E-state index in [1.54, 1.807) is 0 Å². The maximum absolute atomic E-state index is 15.7. The van der Waals surface area contributed by atoms with E-state index in [1.807, 2.05) is 0 Å². The van der Waals surface area contributed by atoms with E-state index in [0.717, 1.165) is 17.0 Å². The number of imidazole rings is 1. The monoisotopic (exact) mass is 603 g/mol.